The van der Waals surface area contributed by atoms with Crippen molar-refractivity contribution in [2.75, 3.05) is 26.7 Å². The summed E-state index contributed by atoms with van der Waals surface area (Å²) < 4.78 is 24.7. The molecule has 2 aromatic rings. The molecule has 0 saturated carbocycles. The van der Waals surface area contributed by atoms with Gasteiger partial charge in [0.15, 0.2) is 5.96 Å². The van der Waals surface area contributed by atoms with Crippen LogP contribution in [0.1, 0.15) is 31.1 Å². The average molecular weight is 386 g/mol. The summed E-state index contributed by atoms with van der Waals surface area (Å²) in [6.07, 6.45) is 1.59. The summed E-state index contributed by atoms with van der Waals surface area (Å²) in [5.41, 5.74) is 1.89. The van der Waals surface area contributed by atoms with E-state index in [-0.39, 0.29) is 18.0 Å². The molecule has 2 heterocycles. The van der Waals surface area contributed by atoms with E-state index in [1.54, 1.807) is 25.4 Å². The zero-order valence-corrected chi connectivity index (χ0v) is 16.6. The van der Waals surface area contributed by atoms with Crippen LogP contribution in [0, 0.1) is 5.82 Å². The van der Waals surface area contributed by atoms with Gasteiger partial charge in [-0.05, 0) is 37.6 Å². The van der Waals surface area contributed by atoms with Crippen molar-refractivity contribution < 1.29 is 13.9 Å². The average Bonchev–Trinajstić information content (AvgIpc) is 2.71. The molecule has 1 aliphatic heterocycles. The predicted molar refractivity (Wildman–Crippen MR) is 107 cm³/mol. The lowest BCUT2D eigenvalue weighted by Gasteiger charge is -2.38. The Morgan fingerprint density at radius 2 is 2.11 bits per heavy atom. The van der Waals surface area contributed by atoms with Crippen LogP contribution in [0.25, 0.3) is 0 Å². The number of pyridine rings is 1. The molecule has 0 bridgehead atoms. The number of rotatable bonds is 5. The second-order valence-corrected chi connectivity index (χ2v) is 6.73. The summed E-state index contributed by atoms with van der Waals surface area (Å²) in [4.78, 5) is 11.2. The topological polar surface area (TPSA) is 59.0 Å². The van der Waals surface area contributed by atoms with Crippen LogP contribution in [-0.2, 0) is 11.3 Å². The molecule has 1 N–H and O–H groups in total. The van der Waals surface area contributed by atoms with Gasteiger partial charge >= 0.3 is 0 Å². The first-order valence-corrected chi connectivity index (χ1v) is 9.52. The number of nitrogens with zero attached hydrogens (tertiary/aromatic N) is 3. The Morgan fingerprint density at radius 1 is 1.32 bits per heavy atom. The number of aliphatic imine (C=N–C) groups is 1. The molecule has 3 rings (SSSR count). The Hall–Kier alpha value is -2.67. The lowest BCUT2D eigenvalue weighted by Crippen LogP contribution is -2.50. The minimum Gasteiger partial charge on any atom is -0.481 e. The molecule has 0 spiro atoms. The van der Waals surface area contributed by atoms with Crippen molar-refractivity contribution in [1.82, 2.24) is 15.2 Å². The minimum absolute atomic E-state index is 0.0283. The van der Waals surface area contributed by atoms with Crippen LogP contribution in [0.5, 0.6) is 5.88 Å². The lowest BCUT2D eigenvalue weighted by atomic mass is 10.1. The molecule has 6 nitrogen and oxygen atoms in total. The minimum atomic E-state index is -0.246. The molecule has 28 heavy (non-hydrogen) atoms. The van der Waals surface area contributed by atoms with Crippen molar-refractivity contribution in [3.8, 4) is 5.88 Å². The van der Waals surface area contributed by atoms with Gasteiger partial charge in [0.25, 0.3) is 0 Å². The van der Waals surface area contributed by atoms with Gasteiger partial charge in [-0.1, -0.05) is 18.2 Å². The first kappa shape index (κ1) is 20.1. The number of nitrogens with one attached hydrogen (secondary N) is 1. The van der Waals surface area contributed by atoms with Crippen LogP contribution in [0.15, 0.2) is 47.6 Å². The van der Waals surface area contributed by atoms with E-state index in [0.29, 0.717) is 19.0 Å². The van der Waals surface area contributed by atoms with Gasteiger partial charge in [0, 0.05) is 24.8 Å². The number of morpholine rings is 1. The van der Waals surface area contributed by atoms with E-state index in [4.69, 9.17) is 14.5 Å². The van der Waals surface area contributed by atoms with Gasteiger partial charge in [-0.25, -0.2) is 14.4 Å². The number of hydrogen-bond donors (Lipinski definition) is 1. The maximum absolute atomic E-state index is 13.3. The van der Waals surface area contributed by atoms with Gasteiger partial charge < -0.3 is 19.7 Å². The number of guanidine groups is 1. The van der Waals surface area contributed by atoms with E-state index < -0.39 is 0 Å². The Labute approximate surface area is 165 Å². The summed E-state index contributed by atoms with van der Waals surface area (Å²) in [6, 6.07) is 10.3. The van der Waals surface area contributed by atoms with Crippen LogP contribution in [0.3, 0.4) is 0 Å². The third-order valence-electron chi connectivity index (χ3n) is 4.58. The fourth-order valence-corrected chi connectivity index (χ4v) is 3.30. The van der Waals surface area contributed by atoms with E-state index >= 15 is 0 Å². The summed E-state index contributed by atoms with van der Waals surface area (Å²) >= 11 is 0. The van der Waals surface area contributed by atoms with Gasteiger partial charge in [0.1, 0.15) is 11.9 Å². The lowest BCUT2D eigenvalue weighted by molar-refractivity contribution is -0.0605. The third-order valence-corrected chi connectivity index (χ3v) is 4.58. The number of methoxy groups -OCH3 is 1. The fourth-order valence-electron chi connectivity index (χ4n) is 3.30. The molecule has 7 heteroatoms. The quantitative estimate of drug-likeness (QED) is 0.632. The maximum Gasteiger partial charge on any atom is 0.218 e. The summed E-state index contributed by atoms with van der Waals surface area (Å²) in [5.74, 6) is 1.15. The van der Waals surface area contributed by atoms with Crippen LogP contribution < -0.4 is 10.1 Å². The van der Waals surface area contributed by atoms with Crippen molar-refractivity contribution in [2.24, 2.45) is 4.99 Å². The molecule has 2 unspecified atom stereocenters. The monoisotopic (exact) mass is 386 g/mol. The molecule has 0 amide bonds. The van der Waals surface area contributed by atoms with Crippen LogP contribution in [0.2, 0.25) is 0 Å². The molecule has 2 atom stereocenters. The molecular weight excluding hydrogens is 359 g/mol. The third kappa shape index (κ3) is 4.98. The van der Waals surface area contributed by atoms with E-state index in [9.17, 15) is 4.39 Å². The maximum atomic E-state index is 13.3. The number of halogens is 1. The molecule has 1 aliphatic rings. The van der Waals surface area contributed by atoms with Crippen LogP contribution >= 0.6 is 0 Å². The Kier molecular flexibility index (Phi) is 6.81. The van der Waals surface area contributed by atoms with Crippen molar-refractivity contribution in [3.63, 3.8) is 0 Å². The van der Waals surface area contributed by atoms with Crippen molar-refractivity contribution in [2.45, 2.75) is 32.6 Å². The number of ether oxygens (including phenoxy) is 2. The predicted octanol–water partition coefficient (Wildman–Crippen LogP) is 3.16. The van der Waals surface area contributed by atoms with Crippen molar-refractivity contribution in [3.05, 3.63) is 59.5 Å². The molecular formula is C21H27FN4O2. The van der Waals surface area contributed by atoms with E-state index in [1.165, 1.54) is 12.1 Å². The number of benzene rings is 1. The van der Waals surface area contributed by atoms with Crippen LogP contribution in [-0.4, -0.2) is 48.7 Å². The smallest absolute Gasteiger partial charge is 0.218 e. The highest BCUT2D eigenvalue weighted by atomic mass is 19.1. The zero-order valence-electron chi connectivity index (χ0n) is 16.6. The SMILES string of the molecule is CCNC(=NCc1cccnc1OC)N1CC(C)OC(c2ccc(F)cc2)C1. The Balaban J connectivity index is 1.78. The van der Waals surface area contributed by atoms with E-state index in [0.717, 1.165) is 30.2 Å². The molecule has 1 saturated heterocycles. The summed E-state index contributed by atoms with van der Waals surface area (Å²) in [7, 11) is 1.61. The summed E-state index contributed by atoms with van der Waals surface area (Å²) in [6.45, 7) is 6.68. The van der Waals surface area contributed by atoms with Gasteiger partial charge in [-0.3, -0.25) is 0 Å². The standard InChI is InChI=1S/C21H27FN4O2/c1-4-23-21(25-12-17-6-5-11-24-20(17)27-3)26-13-15(2)28-19(14-26)16-7-9-18(22)10-8-16/h5-11,15,19H,4,12-14H2,1-3H3,(H,23,25). The molecule has 0 radical (unpaired) electrons. The largest absolute Gasteiger partial charge is 0.481 e. The molecule has 1 aromatic carbocycles. The molecule has 150 valence electrons. The second kappa shape index (κ2) is 9.50. The van der Waals surface area contributed by atoms with E-state index in [1.807, 2.05) is 26.0 Å². The first-order chi connectivity index (χ1) is 13.6. The highest BCUT2D eigenvalue weighted by molar-refractivity contribution is 5.80. The normalized spacial score (nSPS) is 20.1. The van der Waals surface area contributed by atoms with Crippen molar-refractivity contribution >= 4 is 5.96 Å². The van der Waals surface area contributed by atoms with E-state index in [2.05, 4.69) is 15.2 Å². The second-order valence-electron chi connectivity index (χ2n) is 6.73. The van der Waals surface area contributed by atoms with Gasteiger partial charge in [0.05, 0.1) is 26.3 Å². The first-order valence-electron chi connectivity index (χ1n) is 9.52. The Morgan fingerprint density at radius 3 is 2.82 bits per heavy atom. The van der Waals surface area contributed by atoms with Gasteiger partial charge in [-0.15, -0.1) is 0 Å². The molecule has 1 aromatic heterocycles. The molecule has 1 fully saturated rings. The summed E-state index contributed by atoms with van der Waals surface area (Å²) in [5, 5.41) is 3.36. The number of hydrogen-bond acceptors (Lipinski definition) is 4. The zero-order chi connectivity index (χ0) is 19.9. The van der Waals surface area contributed by atoms with Crippen molar-refractivity contribution in [1.29, 1.82) is 0 Å². The van der Waals surface area contributed by atoms with Gasteiger partial charge in [0.2, 0.25) is 5.88 Å². The Bertz CT molecular complexity index is 797. The van der Waals surface area contributed by atoms with Crippen LogP contribution in [0.4, 0.5) is 4.39 Å². The van der Waals surface area contributed by atoms with Gasteiger partial charge in [-0.2, -0.15) is 0 Å². The number of aromatic nitrogens is 1. The highest BCUT2D eigenvalue weighted by Gasteiger charge is 2.28. The highest BCUT2D eigenvalue weighted by Crippen LogP contribution is 2.25. The molecule has 0 aliphatic carbocycles. The fraction of sp³-hybridized carbons (Fsp3) is 0.429.